The predicted molar refractivity (Wildman–Crippen MR) is 158 cm³/mol. The molecule has 0 amide bonds. The average molecular weight is 540 g/mol. The van der Waals surface area contributed by atoms with Crippen molar-refractivity contribution in [3.63, 3.8) is 0 Å². The van der Waals surface area contributed by atoms with Crippen LogP contribution in [-0.2, 0) is 13.0 Å². The number of aryl methyl sites for hydroxylation is 2. The van der Waals surface area contributed by atoms with Crippen LogP contribution in [0, 0.1) is 11.8 Å². The number of oxazole rings is 1. The van der Waals surface area contributed by atoms with Gasteiger partial charge in [-0.1, -0.05) is 93.6 Å². The minimum Gasteiger partial charge on any atom is -0.440 e. The van der Waals surface area contributed by atoms with E-state index in [0.717, 1.165) is 29.1 Å². The number of hydrogen-bond donors (Lipinski definition) is 3. The van der Waals surface area contributed by atoms with Crippen LogP contribution in [0.5, 0.6) is 0 Å². The molecule has 10 nitrogen and oxygen atoms in total. The maximum atomic E-state index is 6.28. The SMILES string of the molecule is CC(C)CN=C1NC(c2cn(CCc3nc(-c4ccccc4)c(-c4ccccc4)o3)nn2)=NC(NCC(C)C)N1. The summed E-state index contributed by atoms with van der Waals surface area (Å²) in [4.78, 5) is 14.3. The smallest absolute Gasteiger partial charge is 0.199 e. The zero-order valence-corrected chi connectivity index (χ0v) is 23.5. The lowest BCUT2D eigenvalue weighted by atomic mass is 10.1. The molecule has 1 aliphatic rings. The van der Waals surface area contributed by atoms with Crippen LogP contribution in [0.25, 0.3) is 22.6 Å². The van der Waals surface area contributed by atoms with E-state index in [1.54, 1.807) is 4.68 Å². The van der Waals surface area contributed by atoms with Crippen molar-refractivity contribution < 1.29 is 4.42 Å². The van der Waals surface area contributed by atoms with Gasteiger partial charge in [0.25, 0.3) is 0 Å². The first kappa shape index (κ1) is 27.3. The van der Waals surface area contributed by atoms with Crippen LogP contribution in [0.15, 0.2) is 81.3 Å². The van der Waals surface area contributed by atoms with Crippen molar-refractivity contribution in [2.24, 2.45) is 21.8 Å². The van der Waals surface area contributed by atoms with Gasteiger partial charge in [0.15, 0.2) is 29.7 Å². The Balaban J connectivity index is 1.32. The Morgan fingerprint density at radius 2 is 1.70 bits per heavy atom. The summed E-state index contributed by atoms with van der Waals surface area (Å²) in [5.41, 5.74) is 3.50. The summed E-state index contributed by atoms with van der Waals surface area (Å²) in [6.45, 7) is 10.7. The van der Waals surface area contributed by atoms with Crippen molar-refractivity contribution in [2.75, 3.05) is 13.1 Å². The summed E-state index contributed by atoms with van der Waals surface area (Å²) in [5.74, 6) is 3.66. The molecule has 4 aromatic rings. The van der Waals surface area contributed by atoms with Crippen LogP contribution in [0.1, 0.15) is 39.3 Å². The normalized spacial score (nSPS) is 16.3. The highest BCUT2D eigenvalue weighted by Crippen LogP contribution is 2.32. The average Bonchev–Trinajstić information content (AvgIpc) is 3.62. The Hall–Kier alpha value is -4.31. The summed E-state index contributed by atoms with van der Waals surface area (Å²) in [6, 6.07) is 20.2. The lowest BCUT2D eigenvalue weighted by molar-refractivity contribution is 0.445. The topological polar surface area (TPSA) is 118 Å². The van der Waals surface area contributed by atoms with E-state index >= 15 is 0 Å². The molecule has 0 saturated heterocycles. The Bertz CT molecular complexity index is 1380. The van der Waals surface area contributed by atoms with E-state index in [-0.39, 0.29) is 6.29 Å². The third-order valence-corrected chi connectivity index (χ3v) is 6.19. The fraction of sp³-hybridized carbons (Fsp3) is 0.367. The van der Waals surface area contributed by atoms with Gasteiger partial charge in [-0.15, -0.1) is 5.10 Å². The number of rotatable bonds is 11. The molecule has 0 radical (unpaired) electrons. The highest BCUT2D eigenvalue weighted by Gasteiger charge is 2.22. The molecule has 2 aromatic carbocycles. The van der Waals surface area contributed by atoms with Gasteiger partial charge in [0, 0.05) is 30.6 Å². The van der Waals surface area contributed by atoms with Crippen LogP contribution in [0.2, 0.25) is 0 Å². The van der Waals surface area contributed by atoms with Gasteiger partial charge in [-0.25, -0.2) is 9.98 Å². The second-order valence-corrected chi connectivity index (χ2v) is 10.7. The van der Waals surface area contributed by atoms with Crippen molar-refractivity contribution in [1.29, 1.82) is 0 Å². The Morgan fingerprint density at radius 1 is 0.975 bits per heavy atom. The van der Waals surface area contributed by atoms with Gasteiger partial charge in [-0.2, -0.15) is 0 Å². The molecule has 10 heteroatoms. The zero-order valence-electron chi connectivity index (χ0n) is 23.5. The molecule has 5 rings (SSSR count). The maximum absolute atomic E-state index is 6.28. The van der Waals surface area contributed by atoms with Crippen molar-refractivity contribution in [3.05, 3.63) is 78.4 Å². The largest absolute Gasteiger partial charge is 0.440 e. The summed E-state index contributed by atoms with van der Waals surface area (Å²) in [7, 11) is 0. The number of hydrogen-bond acceptors (Lipinski definition) is 7. The number of benzene rings is 2. The minimum atomic E-state index is -0.296. The molecule has 1 atom stereocenters. The molecule has 1 unspecified atom stereocenters. The summed E-state index contributed by atoms with van der Waals surface area (Å²) in [5, 5.41) is 18.8. The van der Waals surface area contributed by atoms with E-state index in [1.807, 2.05) is 66.9 Å². The second kappa shape index (κ2) is 12.7. The van der Waals surface area contributed by atoms with Gasteiger partial charge in [0.05, 0.1) is 12.7 Å². The fourth-order valence-electron chi connectivity index (χ4n) is 4.18. The fourth-order valence-corrected chi connectivity index (χ4v) is 4.18. The molecular formula is C30H37N9O. The Labute approximate surface area is 235 Å². The predicted octanol–water partition coefficient (Wildman–Crippen LogP) is 4.32. The van der Waals surface area contributed by atoms with Crippen molar-refractivity contribution in [2.45, 2.75) is 47.0 Å². The lowest BCUT2D eigenvalue weighted by Gasteiger charge is -2.26. The van der Waals surface area contributed by atoms with E-state index in [9.17, 15) is 0 Å². The highest BCUT2D eigenvalue weighted by molar-refractivity contribution is 6.09. The minimum absolute atomic E-state index is 0.296. The van der Waals surface area contributed by atoms with Crippen LogP contribution < -0.4 is 16.0 Å². The van der Waals surface area contributed by atoms with E-state index in [4.69, 9.17) is 14.4 Å². The molecule has 0 saturated carbocycles. The van der Waals surface area contributed by atoms with E-state index in [2.05, 4.69) is 58.9 Å². The lowest BCUT2D eigenvalue weighted by Crippen LogP contribution is -2.56. The van der Waals surface area contributed by atoms with Crippen LogP contribution in [0.4, 0.5) is 0 Å². The summed E-state index contributed by atoms with van der Waals surface area (Å²) < 4.78 is 8.07. The monoisotopic (exact) mass is 539 g/mol. The van der Waals surface area contributed by atoms with E-state index in [0.29, 0.717) is 54.7 Å². The van der Waals surface area contributed by atoms with Crippen molar-refractivity contribution in [1.82, 2.24) is 35.9 Å². The molecule has 0 aliphatic carbocycles. The molecule has 0 spiro atoms. The zero-order chi connectivity index (χ0) is 27.9. The van der Waals surface area contributed by atoms with Crippen LogP contribution >= 0.6 is 0 Å². The van der Waals surface area contributed by atoms with Crippen LogP contribution in [0.3, 0.4) is 0 Å². The van der Waals surface area contributed by atoms with Crippen molar-refractivity contribution >= 4 is 11.8 Å². The number of nitrogens with one attached hydrogen (secondary N) is 3. The third kappa shape index (κ3) is 7.01. The Morgan fingerprint density at radius 3 is 2.40 bits per heavy atom. The molecule has 40 heavy (non-hydrogen) atoms. The molecule has 0 fully saturated rings. The molecule has 3 N–H and O–H groups in total. The van der Waals surface area contributed by atoms with E-state index < -0.39 is 0 Å². The summed E-state index contributed by atoms with van der Waals surface area (Å²) in [6.07, 6.45) is 2.15. The Kier molecular flexibility index (Phi) is 8.65. The number of aliphatic imine (C=N–C) groups is 2. The van der Waals surface area contributed by atoms with Gasteiger partial charge < -0.3 is 15.1 Å². The number of nitrogens with zero attached hydrogens (tertiary/aromatic N) is 6. The number of aromatic nitrogens is 4. The quantitative estimate of drug-likeness (QED) is 0.260. The van der Waals surface area contributed by atoms with E-state index in [1.165, 1.54) is 0 Å². The standard InChI is InChI=1S/C30H37N9O/c1-20(2)17-31-29-34-28(35-30(36-29)32-18-21(3)4)24-19-39(38-37-24)16-15-25-33-26(22-11-7-5-8-12-22)27(40-25)23-13-9-6-10-14-23/h5-14,19-21,29,31H,15-18H2,1-4H3,(H2,32,34,35,36). The molecule has 208 valence electrons. The molecule has 1 aliphatic heterocycles. The van der Waals surface area contributed by atoms with Gasteiger partial charge in [-0.05, 0) is 11.8 Å². The molecular weight excluding hydrogens is 502 g/mol. The first-order valence-corrected chi connectivity index (χ1v) is 13.8. The van der Waals surface area contributed by atoms with Gasteiger partial charge in [0.1, 0.15) is 11.4 Å². The maximum Gasteiger partial charge on any atom is 0.199 e. The second-order valence-electron chi connectivity index (χ2n) is 10.7. The number of guanidine groups is 1. The molecule has 3 heterocycles. The molecule has 2 aromatic heterocycles. The first-order chi connectivity index (χ1) is 19.4. The van der Waals surface area contributed by atoms with Gasteiger partial charge in [-0.3, -0.25) is 15.0 Å². The van der Waals surface area contributed by atoms with Crippen LogP contribution in [-0.4, -0.2) is 51.2 Å². The number of amidine groups is 1. The molecule has 0 bridgehead atoms. The summed E-state index contributed by atoms with van der Waals surface area (Å²) >= 11 is 0. The third-order valence-electron chi connectivity index (χ3n) is 6.19. The highest BCUT2D eigenvalue weighted by atomic mass is 16.4. The van der Waals surface area contributed by atoms with Crippen molar-refractivity contribution in [3.8, 4) is 22.6 Å². The first-order valence-electron chi connectivity index (χ1n) is 13.8. The van der Waals surface area contributed by atoms with Gasteiger partial charge in [0.2, 0.25) is 0 Å². The van der Waals surface area contributed by atoms with Gasteiger partial charge >= 0.3 is 0 Å².